The van der Waals surface area contributed by atoms with Gasteiger partial charge in [0.15, 0.2) is 10.9 Å². The van der Waals surface area contributed by atoms with Crippen molar-refractivity contribution in [2.24, 2.45) is 5.11 Å². The van der Waals surface area contributed by atoms with Gasteiger partial charge in [0.1, 0.15) is 0 Å². The molecule has 1 spiro atoms. The van der Waals surface area contributed by atoms with Gasteiger partial charge in [-0.1, -0.05) is 16.5 Å². The molecule has 0 radical (unpaired) electrons. The topological polar surface area (TPSA) is 100 Å². The van der Waals surface area contributed by atoms with Gasteiger partial charge in [0, 0.05) is 30.8 Å². The van der Waals surface area contributed by atoms with Crippen LogP contribution in [-0.2, 0) is 9.47 Å². The van der Waals surface area contributed by atoms with Crippen molar-refractivity contribution in [3.8, 4) is 0 Å². The molecule has 2 aromatic rings. The van der Waals surface area contributed by atoms with E-state index in [1.807, 2.05) is 13.8 Å². The fraction of sp³-hybridized carbons (Fsp3) is 0.529. The van der Waals surface area contributed by atoms with Crippen molar-refractivity contribution in [2.75, 3.05) is 24.6 Å². The van der Waals surface area contributed by atoms with E-state index < -0.39 is 5.79 Å². The summed E-state index contributed by atoms with van der Waals surface area (Å²) in [6, 6.07) is 3.57. The summed E-state index contributed by atoms with van der Waals surface area (Å²) in [6.45, 7) is 5.89. The zero-order valence-electron chi connectivity index (χ0n) is 14.6. The third kappa shape index (κ3) is 3.03. The number of piperidine rings is 1. The predicted molar refractivity (Wildman–Crippen MR) is 100 cm³/mol. The summed E-state index contributed by atoms with van der Waals surface area (Å²) in [5.41, 5.74) is 9.87. The number of aromatic nitrogens is 1. The number of benzene rings is 1. The highest BCUT2D eigenvalue weighted by atomic mass is 32.1. The maximum absolute atomic E-state index is 12.5. The first-order valence-electron chi connectivity index (χ1n) is 8.57. The fourth-order valence-electron chi connectivity index (χ4n) is 3.54. The second-order valence-electron chi connectivity index (χ2n) is 6.79. The van der Waals surface area contributed by atoms with E-state index in [1.165, 1.54) is 11.3 Å². The Labute approximate surface area is 154 Å². The van der Waals surface area contributed by atoms with E-state index in [-0.39, 0.29) is 11.7 Å². The predicted octanol–water partition coefficient (Wildman–Crippen LogP) is 3.64. The summed E-state index contributed by atoms with van der Waals surface area (Å²) in [4.78, 5) is 21.8. The highest BCUT2D eigenvalue weighted by Crippen LogP contribution is 2.38. The van der Waals surface area contributed by atoms with Crippen molar-refractivity contribution in [1.82, 2.24) is 4.98 Å². The monoisotopic (exact) mass is 373 g/mol. The van der Waals surface area contributed by atoms with Crippen molar-refractivity contribution in [2.45, 2.75) is 38.6 Å². The molecule has 0 aliphatic carbocycles. The number of ether oxygens (including phenoxy) is 2. The molecule has 1 aromatic carbocycles. The van der Waals surface area contributed by atoms with Crippen LogP contribution < -0.4 is 10.5 Å². The third-order valence-electron chi connectivity index (χ3n) is 4.78. The van der Waals surface area contributed by atoms with Gasteiger partial charge in [-0.2, -0.15) is 4.98 Å². The number of nitrogens with zero attached hydrogens (tertiary/aromatic N) is 5. The molecule has 2 fully saturated rings. The Morgan fingerprint density at radius 2 is 2.19 bits per heavy atom. The largest absolute Gasteiger partial charge is 0.348 e. The Balaban J connectivity index is 1.68. The maximum Gasteiger partial charge on any atom is 0.281 e. The second-order valence-corrected chi connectivity index (χ2v) is 7.77. The van der Waals surface area contributed by atoms with Crippen molar-refractivity contribution < 1.29 is 9.47 Å². The number of rotatable bonds is 2. The molecule has 136 valence electrons. The first kappa shape index (κ1) is 17.2. The van der Waals surface area contributed by atoms with Crippen molar-refractivity contribution in [1.29, 1.82) is 0 Å². The van der Waals surface area contributed by atoms with Gasteiger partial charge in [0.05, 0.1) is 28.5 Å². The molecule has 0 saturated carbocycles. The minimum absolute atomic E-state index is 0.117. The molecule has 26 heavy (non-hydrogen) atoms. The number of fused-ring (bicyclic) bond motifs is 1. The van der Waals surface area contributed by atoms with Crippen molar-refractivity contribution in [3.63, 3.8) is 0 Å². The lowest BCUT2D eigenvalue weighted by atomic mass is 10.0. The summed E-state index contributed by atoms with van der Waals surface area (Å²) >= 11 is 1.38. The number of hydrogen-bond donors (Lipinski definition) is 0. The minimum Gasteiger partial charge on any atom is -0.348 e. The van der Waals surface area contributed by atoms with E-state index in [1.54, 1.807) is 12.1 Å². The van der Waals surface area contributed by atoms with Crippen LogP contribution in [0.5, 0.6) is 0 Å². The lowest BCUT2D eigenvalue weighted by molar-refractivity contribution is -0.178. The van der Waals surface area contributed by atoms with Gasteiger partial charge in [-0.3, -0.25) is 4.79 Å². The number of hydrogen-bond acceptors (Lipinski definition) is 7. The Hall–Kier alpha value is -2.19. The number of aryl methyl sites for hydroxylation is 1. The SMILES string of the molecule is Cc1cc(N=[N+]=[N-])c2sc(N3CCC4(CC3)OC[C@H](C)O4)nc(=O)c2c1. The van der Waals surface area contributed by atoms with Gasteiger partial charge < -0.3 is 14.4 Å². The van der Waals surface area contributed by atoms with E-state index in [0.29, 0.717) is 40.6 Å². The van der Waals surface area contributed by atoms with Gasteiger partial charge in [-0.25, -0.2) is 0 Å². The second kappa shape index (κ2) is 6.51. The molecular formula is C17H19N5O3S. The first-order chi connectivity index (χ1) is 12.5. The fourth-order valence-corrected chi connectivity index (χ4v) is 4.63. The smallest absolute Gasteiger partial charge is 0.281 e. The maximum atomic E-state index is 12.5. The quantitative estimate of drug-likeness (QED) is 0.454. The van der Waals surface area contributed by atoms with E-state index in [9.17, 15) is 4.79 Å². The third-order valence-corrected chi connectivity index (χ3v) is 5.95. The zero-order valence-corrected chi connectivity index (χ0v) is 15.5. The first-order valence-corrected chi connectivity index (χ1v) is 9.39. The lowest BCUT2D eigenvalue weighted by Crippen LogP contribution is -2.45. The van der Waals surface area contributed by atoms with Crippen LogP contribution in [0.25, 0.3) is 20.5 Å². The van der Waals surface area contributed by atoms with Crippen LogP contribution >= 0.6 is 11.3 Å². The van der Waals surface area contributed by atoms with Crippen LogP contribution in [0.3, 0.4) is 0 Å². The molecule has 0 unspecified atom stereocenters. The van der Waals surface area contributed by atoms with Gasteiger partial charge in [0.2, 0.25) is 0 Å². The standard InChI is InChI=1S/C17H19N5O3S/c1-10-7-12-14(13(8-10)20-21-18)26-16(19-15(12)23)22-5-3-17(4-6-22)24-9-11(2)25-17/h7-8,11H,3-6,9H2,1-2H3/t11-/m0/s1. The molecule has 1 atom stereocenters. The van der Waals surface area contributed by atoms with E-state index in [2.05, 4.69) is 19.9 Å². The van der Waals surface area contributed by atoms with E-state index in [4.69, 9.17) is 15.0 Å². The summed E-state index contributed by atoms with van der Waals surface area (Å²) < 4.78 is 12.5. The summed E-state index contributed by atoms with van der Waals surface area (Å²) in [7, 11) is 0. The number of azide groups is 1. The van der Waals surface area contributed by atoms with Crippen LogP contribution in [-0.4, -0.2) is 36.6 Å². The average Bonchev–Trinajstić information content (AvgIpc) is 2.97. The van der Waals surface area contributed by atoms with Gasteiger partial charge >= 0.3 is 0 Å². The molecule has 2 aliphatic heterocycles. The molecule has 9 heteroatoms. The summed E-state index contributed by atoms with van der Waals surface area (Å²) in [5, 5.41) is 4.89. The Kier molecular flexibility index (Phi) is 4.32. The lowest BCUT2D eigenvalue weighted by Gasteiger charge is -2.38. The summed E-state index contributed by atoms with van der Waals surface area (Å²) in [5.74, 6) is -0.495. The molecule has 0 N–H and O–H groups in total. The van der Waals surface area contributed by atoms with Crippen LogP contribution in [0.4, 0.5) is 10.8 Å². The molecule has 2 saturated heterocycles. The molecule has 1 aromatic heterocycles. The Morgan fingerprint density at radius 3 is 2.85 bits per heavy atom. The van der Waals surface area contributed by atoms with E-state index >= 15 is 0 Å². The van der Waals surface area contributed by atoms with Crippen LogP contribution in [0.2, 0.25) is 0 Å². The van der Waals surface area contributed by atoms with Gasteiger partial charge in [-0.05, 0) is 37.1 Å². The summed E-state index contributed by atoms with van der Waals surface area (Å²) in [6.07, 6.45) is 1.58. The molecule has 8 nitrogen and oxygen atoms in total. The molecule has 0 bridgehead atoms. The highest BCUT2D eigenvalue weighted by molar-refractivity contribution is 7.22. The molecule has 2 aliphatic rings. The molecule has 0 amide bonds. The zero-order chi connectivity index (χ0) is 18.3. The van der Waals surface area contributed by atoms with Crippen LogP contribution in [0.15, 0.2) is 22.0 Å². The highest BCUT2D eigenvalue weighted by Gasteiger charge is 2.42. The van der Waals surface area contributed by atoms with Crippen molar-refractivity contribution in [3.05, 3.63) is 38.5 Å². The van der Waals surface area contributed by atoms with Crippen molar-refractivity contribution >= 4 is 32.2 Å². The van der Waals surface area contributed by atoms with Crippen LogP contribution in [0, 0.1) is 6.92 Å². The number of anilines is 1. The molecule has 3 heterocycles. The Bertz CT molecular complexity index is 961. The van der Waals surface area contributed by atoms with E-state index in [0.717, 1.165) is 18.4 Å². The molecule has 4 rings (SSSR count). The Morgan fingerprint density at radius 1 is 1.42 bits per heavy atom. The van der Waals surface area contributed by atoms with Gasteiger partial charge in [0.25, 0.3) is 5.56 Å². The molecular weight excluding hydrogens is 354 g/mol. The van der Waals surface area contributed by atoms with Crippen LogP contribution in [0.1, 0.15) is 25.3 Å². The normalized spacial score (nSPS) is 21.9. The van der Waals surface area contributed by atoms with Gasteiger partial charge in [-0.15, -0.1) is 0 Å². The average molecular weight is 373 g/mol. The minimum atomic E-state index is -0.495.